The maximum Gasteiger partial charge on any atom is 0.326 e. The Morgan fingerprint density at radius 3 is 2.57 bits per heavy atom. The first kappa shape index (κ1) is 17.9. The van der Waals surface area contributed by atoms with Crippen LogP contribution in [-0.2, 0) is 15.3 Å². The van der Waals surface area contributed by atoms with Gasteiger partial charge >= 0.3 is 5.97 Å². The maximum atomic E-state index is 11.8. The molecule has 0 radical (unpaired) electrons. The molecule has 1 aromatic carbocycles. The van der Waals surface area contributed by atoms with Crippen molar-refractivity contribution in [3.63, 3.8) is 0 Å². The second-order valence-electron chi connectivity index (χ2n) is 5.83. The number of hydrogen-bond donors (Lipinski definition) is 2. The quantitative estimate of drug-likeness (QED) is 0.841. The number of halogens is 1. The third kappa shape index (κ3) is 6.40. The molecule has 0 spiro atoms. The van der Waals surface area contributed by atoms with Gasteiger partial charge in [-0.05, 0) is 23.1 Å². The molecule has 1 rings (SSSR count). The Bertz CT molecular complexity index is 514. The Balaban J connectivity index is 2.45. The Labute approximate surface area is 134 Å². The summed E-state index contributed by atoms with van der Waals surface area (Å²) in [6.07, 6.45) is 0. The molecule has 2 N–H and O–H groups in total. The van der Waals surface area contributed by atoms with E-state index in [1.807, 2.05) is 18.2 Å². The van der Waals surface area contributed by atoms with Gasteiger partial charge in [0, 0.05) is 10.8 Å². The molecule has 1 atom stereocenters. The predicted octanol–water partition coefficient (Wildman–Crippen LogP) is 3.19. The van der Waals surface area contributed by atoms with Gasteiger partial charge in [0.1, 0.15) is 6.04 Å². The molecule has 1 unspecified atom stereocenters. The largest absolute Gasteiger partial charge is 0.480 e. The van der Waals surface area contributed by atoms with Crippen LogP contribution in [0.2, 0.25) is 5.02 Å². The van der Waals surface area contributed by atoms with Gasteiger partial charge in [0.15, 0.2) is 0 Å². The van der Waals surface area contributed by atoms with Crippen LogP contribution >= 0.6 is 23.4 Å². The summed E-state index contributed by atoms with van der Waals surface area (Å²) in [5.41, 5.74) is 0.505. The van der Waals surface area contributed by atoms with E-state index < -0.39 is 17.4 Å². The van der Waals surface area contributed by atoms with Crippen molar-refractivity contribution >= 4 is 35.2 Å². The van der Waals surface area contributed by atoms with E-state index in [0.717, 1.165) is 5.56 Å². The van der Waals surface area contributed by atoms with Gasteiger partial charge in [-0.15, -0.1) is 11.8 Å². The molecule has 116 valence electrons. The fourth-order valence-corrected chi connectivity index (χ4v) is 2.74. The van der Waals surface area contributed by atoms with E-state index in [0.29, 0.717) is 10.8 Å². The molecular weight excluding hydrogens is 310 g/mol. The molecule has 0 fully saturated rings. The topological polar surface area (TPSA) is 66.4 Å². The highest BCUT2D eigenvalue weighted by atomic mass is 35.5. The van der Waals surface area contributed by atoms with E-state index in [4.69, 9.17) is 16.7 Å². The number of rotatable bonds is 6. The first-order chi connectivity index (χ1) is 9.70. The zero-order valence-electron chi connectivity index (χ0n) is 12.4. The summed E-state index contributed by atoms with van der Waals surface area (Å²) in [5.74, 6) is -0.423. The standard InChI is InChI=1S/C15H20ClNO3S/c1-15(2,3)13(14(19)20)17-12(18)9-21-8-10-5-4-6-11(16)7-10/h4-7,13H,8-9H2,1-3H3,(H,17,18)(H,19,20). The number of hydrogen-bond acceptors (Lipinski definition) is 3. The summed E-state index contributed by atoms with van der Waals surface area (Å²) in [7, 11) is 0. The molecule has 6 heteroatoms. The van der Waals surface area contributed by atoms with Crippen molar-refractivity contribution in [2.75, 3.05) is 5.75 Å². The molecule has 0 bridgehead atoms. The molecule has 21 heavy (non-hydrogen) atoms. The van der Waals surface area contributed by atoms with Crippen molar-refractivity contribution in [2.45, 2.75) is 32.6 Å². The van der Waals surface area contributed by atoms with E-state index >= 15 is 0 Å². The van der Waals surface area contributed by atoms with Crippen molar-refractivity contribution in [3.05, 3.63) is 34.9 Å². The minimum atomic E-state index is -1.02. The Morgan fingerprint density at radius 1 is 1.38 bits per heavy atom. The Kier molecular flexibility index (Phi) is 6.55. The van der Waals surface area contributed by atoms with Crippen LogP contribution in [0.15, 0.2) is 24.3 Å². The molecule has 0 saturated heterocycles. The number of carbonyl (C=O) groups excluding carboxylic acids is 1. The second kappa shape index (κ2) is 7.71. The van der Waals surface area contributed by atoms with Crippen LogP contribution in [-0.4, -0.2) is 28.8 Å². The van der Waals surface area contributed by atoms with Crippen LogP contribution in [0.5, 0.6) is 0 Å². The van der Waals surface area contributed by atoms with Gasteiger partial charge in [-0.25, -0.2) is 4.79 Å². The Hall–Kier alpha value is -1.20. The van der Waals surface area contributed by atoms with Gasteiger partial charge < -0.3 is 10.4 Å². The summed E-state index contributed by atoms with van der Waals surface area (Å²) in [6, 6.07) is 6.55. The molecule has 0 aliphatic heterocycles. The van der Waals surface area contributed by atoms with Gasteiger partial charge in [-0.2, -0.15) is 0 Å². The summed E-state index contributed by atoms with van der Waals surface area (Å²) >= 11 is 7.31. The highest BCUT2D eigenvalue weighted by molar-refractivity contribution is 7.99. The van der Waals surface area contributed by atoms with E-state index in [9.17, 15) is 9.59 Å². The van der Waals surface area contributed by atoms with Crippen molar-refractivity contribution in [1.29, 1.82) is 0 Å². The van der Waals surface area contributed by atoms with Crippen LogP contribution < -0.4 is 5.32 Å². The van der Waals surface area contributed by atoms with Crippen LogP contribution in [0, 0.1) is 5.41 Å². The number of carboxylic acid groups (broad SMARTS) is 1. The number of amides is 1. The van der Waals surface area contributed by atoms with Crippen molar-refractivity contribution in [3.8, 4) is 0 Å². The lowest BCUT2D eigenvalue weighted by Crippen LogP contribution is -2.49. The van der Waals surface area contributed by atoms with E-state index in [1.165, 1.54) is 11.8 Å². The SMILES string of the molecule is CC(C)(C)C(NC(=O)CSCc1cccc(Cl)c1)C(=O)O. The molecule has 1 amide bonds. The van der Waals surface area contributed by atoms with Gasteiger partial charge in [-0.3, -0.25) is 4.79 Å². The lowest BCUT2D eigenvalue weighted by Gasteiger charge is -2.27. The molecule has 1 aromatic rings. The molecule has 0 aliphatic rings. The highest BCUT2D eigenvalue weighted by Gasteiger charge is 2.32. The van der Waals surface area contributed by atoms with E-state index in [1.54, 1.807) is 26.8 Å². The van der Waals surface area contributed by atoms with Gasteiger partial charge in [0.2, 0.25) is 5.91 Å². The number of nitrogens with one attached hydrogen (secondary N) is 1. The zero-order valence-corrected chi connectivity index (χ0v) is 13.9. The fourth-order valence-electron chi connectivity index (χ4n) is 1.74. The average Bonchev–Trinajstić information content (AvgIpc) is 2.34. The summed E-state index contributed by atoms with van der Waals surface area (Å²) in [5, 5.41) is 12.4. The van der Waals surface area contributed by atoms with Crippen LogP contribution in [0.4, 0.5) is 0 Å². The lowest BCUT2D eigenvalue weighted by atomic mass is 9.87. The van der Waals surface area contributed by atoms with E-state index in [-0.39, 0.29) is 11.7 Å². The predicted molar refractivity (Wildman–Crippen MR) is 86.6 cm³/mol. The first-order valence-corrected chi connectivity index (χ1v) is 8.08. The average molecular weight is 330 g/mol. The van der Waals surface area contributed by atoms with E-state index in [2.05, 4.69) is 5.32 Å². The number of aliphatic carboxylic acids is 1. The minimum Gasteiger partial charge on any atom is -0.480 e. The minimum absolute atomic E-state index is 0.215. The second-order valence-corrected chi connectivity index (χ2v) is 7.25. The van der Waals surface area contributed by atoms with Gasteiger partial charge in [-0.1, -0.05) is 44.5 Å². The third-order valence-electron chi connectivity index (χ3n) is 2.81. The molecule has 0 aromatic heterocycles. The van der Waals surface area contributed by atoms with Crippen LogP contribution in [0.1, 0.15) is 26.3 Å². The first-order valence-electron chi connectivity index (χ1n) is 6.54. The summed E-state index contributed by atoms with van der Waals surface area (Å²) < 4.78 is 0. The number of benzene rings is 1. The highest BCUT2D eigenvalue weighted by Crippen LogP contribution is 2.20. The monoisotopic (exact) mass is 329 g/mol. The lowest BCUT2D eigenvalue weighted by molar-refractivity contribution is -0.144. The smallest absolute Gasteiger partial charge is 0.326 e. The third-order valence-corrected chi connectivity index (χ3v) is 4.05. The van der Waals surface area contributed by atoms with Crippen molar-refractivity contribution in [2.24, 2.45) is 5.41 Å². The van der Waals surface area contributed by atoms with Crippen molar-refractivity contribution in [1.82, 2.24) is 5.32 Å². The van der Waals surface area contributed by atoms with Gasteiger partial charge in [0.25, 0.3) is 0 Å². The number of carbonyl (C=O) groups is 2. The molecule has 0 saturated carbocycles. The van der Waals surface area contributed by atoms with Crippen LogP contribution in [0.25, 0.3) is 0 Å². The number of thioether (sulfide) groups is 1. The summed E-state index contributed by atoms with van der Waals surface area (Å²) in [6.45, 7) is 5.35. The molecule has 0 aliphatic carbocycles. The number of carboxylic acids is 1. The maximum absolute atomic E-state index is 11.8. The normalized spacial score (nSPS) is 12.8. The Morgan fingerprint density at radius 2 is 2.05 bits per heavy atom. The molecule has 0 heterocycles. The molecular formula is C15H20ClNO3S. The molecule has 4 nitrogen and oxygen atoms in total. The zero-order chi connectivity index (χ0) is 16.0. The summed E-state index contributed by atoms with van der Waals surface area (Å²) in [4.78, 5) is 23.0. The van der Waals surface area contributed by atoms with Crippen LogP contribution in [0.3, 0.4) is 0 Å². The fraction of sp³-hybridized carbons (Fsp3) is 0.467. The van der Waals surface area contributed by atoms with Gasteiger partial charge in [0.05, 0.1) is 5.75 Å². The van der Waals surface area contributed by atoms with Crippen molar-refractivity contribution < 1.29 is 14.7 Å².